The highest BCUT2D eigenvalue weighted by molar-refractivity contribution is 7.98. The molecule has 0 aromatic heterocycles. The molecule has 0 bridgehead atoms. The van der Waals surface area contributed by atoms with Gasteiger partial charge in [-0.25, -0.2) is 12.7 Å². The molecule has 6 nitrogen and oxygen atoms in total. The Morgan fingerprint density at radius 1 is 1.29 bits per heavy atom. The second-order valence-corrected chi connectivity index (χ2v) is 9.59. The van der Waals surface area contributed by atoms with Crippen molar-refractivity contribution in [2.75, 3.05) is 38.7 Å². The Balaban J connectivity index is 1.74. The second kappa shape index (κ2) is 6.33. The van der Waals surface area contributed by atoms with E-state index in [-0.39, 0.29) is 12.5 Å². The Kier molecular flexibility index (Phi) is 4.67. The topological polar surface area (TPSA) is 77.9 Å². The van der Waals surface area contributed by atoms with Crippen molar-refractivity contribution in [3.63, 3.8) is 0 Å². The van der Waals surface area contributed by atoms with Crippen molar-refractivity contribution >= 4 is 27.8 Å². The monoisotopic (exact) mass is 370 g/mol. The molecule has 0 unspecified atom stereocenters. The highest BCUT2D eigenvalue weighted by Gasteiger charge is 2.58. The van der Waals surface area contributed by atoms with Crippen molar-refractivity contribution < 1.29 is 18.3 Å². The van der Waals surface area contributed by atoms with E-state index in [4.69, 9.17) is 0 Å². The summed E-state index contributed by atoms with van der Waals surface area (Å²) in [5.74, 6) is -1.05. The maximum Gasteiger partial charge on any atom is 0.312 e. The molecular weight excluding hydrogens is 348 g/mol. The highest BCUT2D eigenvalue weighted by Crippen LogP contribution is 2.44. The number of fused-ring (bicyclic) bond motifs is 1. The van der Waals surface area contributed by atoms with Gasteiger partial charge in [-0.05, 0) is 24.0 Å². The SMILES string of the molecule is CSc1ccc(CN2C[C@H]3CN(S(C)(=O)=O)C[C@@]3(C(=O)O)C2)cc1. The van der Waals surface area contributed by atoms with Crippen molar-refractivity contribution in [3.05, 3.63) is 29.8 Å². The van der Waals surface area contributed by atoms with Crippen LogP contribution in [-0.4, -0.2) is 67.4 Å². The first kappa shape index (κ1) is 17.7. The summed E-state index contributed by atoms with van der Waals surface area (Å²) >= 11 is 1.69. The molecule has 2 atom stereocenters. The fourth-order valence-electron chi connectivity index (χ4n) is 3.79. The van der Waals surface area contributed by atoms with Crippen LogP contribution in [0.2, 0.25) is 0 Å². The summed E-state index contributed by atoms with van der Waals surface area (Å²) in [6, 6.07) is 8.26. The number of carboxylic acids is 1. The standard InChI is InChI=1S/C16H22N2O4S2/c1-23-14-5-3-12(4-6-14)7-17-8-13-9-18(24(2,21)22)11-16(13,10-17)15(19)20/h3-6,13H,7-11H2,1-2H3,(H,19,20)/t13-,16-/m0/s1. The minimum Gasteiger partial charge on any atom is -0.481 e. The van der Waals surface area contributed by atoms with Gasteiger partial charge in [-0.2, -0.15) is 0 Å². The first-order chi connectivity index (χ1) is 11.2. The van der Waals surface area contributed by atoms with Gasteiger partial charge < -0.3 is 5.11 Å². The normalized spacial score (nSPS) is 28.2. The summed E-state index contributed by atoms with van der Waals surface area (Å²) in [4.78, 5) is 15.2. The van der Waals surface area contributed by atoms with Crippen LogP contribution in [0, 0.1) is 11.3 Å². The molecule has 1 aromatic rings. The Morgan fingerprint density at radius 3 is 2.46 bits per heavy atom. The van der Waals surface area contributed by atoms with Crippen molar-refractivity contribution in [1.82, 2.24) is 9.21 Å². The van der Waals surface area contributed by atoms with E-state index in [9.17, 15) is 18.3 Å². The van der Waals surface area contributed by atoms with E-state index in [0.29, 0.717) is 26.2 Å². The van der Waals surface area contributed by atoms with Crippen molar-refractivity contribution in [2.45, 2.75) is 11.4 Å². The van der Waals surface area contributed by atoms with Gasteiger partial charge >= 0.3 is 5.97 Å². The van der Waals surface area contributed by atoms with Gasteiger partial charge in [-0.15, -0.1) is 11.8 Å². The Morgan fingerprint density at radius 2 is 1.96 bits per heavy atom. The van der Waals surface area contributed by atoms with Gasteiger partial charge in [0.1, 0.15) is 0 Å². The molecule has 1 N–H and O–H groups in total. The molecule has 8 heteroatoms. The zero-order valence-corrected chi connectivity index (χ0v) is 15.4. The van der Waals surface area contributed by atoms with Gasteiger partial charge in [-0.3, -0.25) is 9.69 Å². The third-order valence-corrected chi connectivity index (χ3v) is 7.07. The molecule has 3 rings (SSSR count). The molecule has 0 radical (unpaired) electrons. The average molecular weight is 370 g/mol. The zero-order chi connectivity index (χ0) is 17.5. The number of carbonyl (C=O) groups is 1. The molecule has 0 amide bonds. The van der Waals surface area contributed by atoms with Crippen LogP contribution in [0.5, 0.6) is 0 Å². The minimum atomic E-state index is -3.35. The minimum absolute atomic E-state index is 0.0771. The Labute approximate surface area is 146 Å². The van der Waals surface area contributed by atoms with E-state index in [2.05, 4.69) is 29.2 Å². The summed E-state index contributed by atoms with van der Waals surface area (Å²) in [6.45, 7) is 2.08. The molecule has 0 aliphatic carbocycles. The molecule has 2 heterocycles. The number of likely N-dealkylation sites (tertiary alicyclic amines) is 1. The molecule has 1 aromatic carbocycles. The quantitative estimate of drug-likeness (QED) is 0.785. The van der Waals surface area contributed by atoms with Gasteiger partial charge in [-0.1, -0.05) is 12.1 Å². The number of hydrogen-bond donors (Lipinski definition) is 1. The Hall–Kier alpha value is -1.09. The summed E-state index contributed by atoms with van der Waals surface area (Å²) in [6.07, 6.45) is 3.18. The lowest BCUT2D eigenvalue weighted by atomic mass is 9.81. The van der Waals surface area contributed by atoms with Crippen LogP contribution in [0.3, 0.4) is 0 Å². The molecule has 2 fully saturated rings. The number of aliphatic carboxylic acids is 1. The maximum atomic E-state index is 11.9. The fourth-order valence-corrected chi connectivity index (χ4v) is 5.11. The molecule has 2 aliphatic heterocycles. The van der Waals surface area contributed by atoms with Crippen LogP contribution < -0.4 is 0 Å². The number of sulfonamides is 1. The molecular formula is C16H22N2O4S2. The summed E-state index contributed by atoms with van der Waals surface area (Å²) in [7, 11) is -3.35. The lowest BCUT2D eigenvalue weighted by molar-refractivity contribution is -0.148. The number of nitrogens with zero attached hydrogens (tertiary/aromatic N) is 2. The second-order valence-electron chi connectivity index (χ2n) is 6.73. The van der Waals surface area contributed by atoms with E-state index < -0.39 is 21.4 Å². The van der Waals surface area contributed by atoms with Crippen LogP contribution in [0.15, 0.2) is 29.2 Å². The smallest absolute Gasteiger partial charge is 0.312 e. The number of carboxylic acid groups (broad SMARTS) is 1. The van der Waals surface area contributed by atoms with Gasteiger partial charge in [0.2, 0.25) is 10.0 Å². The molecule has 0 spiro atoms. The van der Waals surface area contributed by atoms with Gasteiger partial charge in [0.15, 0.2) is 0 Å². The van der Waals surface area contributed by atoms with Crippen LogP contribution in [0.4, 0.5) is 0 Å². The predicted octanol–water partition coefficient (Wildman–Crippen LogP) is 1.19. The third-order valence-electron chi connectivity index (χ3n) is 5.11. The van der Waals surface area contributed by atoms with Crippen molar-refractivity contribution in [1.29, 1.82) is 0 Å². The van der Waals surface area contributed by atoms with Crippen LogP contribution in [-0.2, 0) is 21.4 Å². The molecule has 0 saturated carbocycles. The summed E-state index contributed by atoms with van der Waals surface area (Å²) in [5.41, 5.74) is 0.163. The van der Waals surface area contributed by atoms with Gasteiger partial charge in [0, 0.05) is 43.5 Å². The van der Waals surface area contributed by atoms with E-state index in [1.54, 1.807) is 11.8 Å². The number of hydrogen-bond acceptors (Lipinski definition) is 5. The predicted molar refractivity (Wildman–Crippen MR) is 93.5 cm³/mol. The van der Waals surface area contributed by atoms with Crippen LogP contribution >= 0.6 is 11.8 Å². The first-order valence-corrected chi connectivity index (χ1v) is 10.9. The van der Waals surface area contributed by atoms with Gasteiger partial charge in [0.25, 0.3) is 0 Å². The maximum absolute atomic E-state index is 11.9. The molecule has 2 aliphatic rings. The van der Waals surface area contributed by atoms with E-state index in [1.165, 1.54) is 9.20 Å². The van der Waals surface area contributed by atoms with Gasteiger partial charge in [0.05, 0.1) is 11.7 Å². The lowest BCUT2D eigenvalue weighted by Crippen LogP contribution is -2.41. The highest BCUT2D eigenvalue weighted by atomic mass is 32.2. The van der Waals surface area contributed by atoms with E-state index in [0.717, 1.165) is 11.8 Å². The average Bonchev–Trinajstić information content (AvgIpc) is 3.02. The number of rotatable bonds is 5. The lowest BCUT2D eigenvalue weighted by Gasteiger charge is -2.24. The van der Waals surface area contributed by atoms with E-state index in [1.807, 2.05) is 6.26 Å². The largest absolute Gasteiger partial charge is 0.481 e. The molecule has 24 heavy (non-hydrogen) atoms. The van der Waals surface area contributed by atoms with Crippen LogP contribution in [0.25, 0.3) is 0 Å². The van der Waals surface area contributed by atoms with Crippen molar-refractivity contribution in [2.24, 2.45) is 11.3 Å². The summed E-state index contributed by atoms with van der Waals surface area (Å²) in [5, 5.41) is 9.76. The van der Waals surface area contributed by atoms with Crippen molar-refractivity contribution in [3.8, 4) is 0 Å². The number of benzene rings is 1. The molecule has 2 saturated heterocycles. The third kappa shape index (κ3) is 3.20. The first-order valence-electron chi connectivity index (χ1n) is 7.78. The van der Waals surface area contributed by atoms with Crippen LogP contribution in [0.1, 0.15) is 5.56 Å². The Bertz CT molecular complexity index is 735. The summed E-state index contributed by atoms with van der Waals surface area (Å²) < 4.78 is 24.9. The zero-order valence-electron chi connectivity index (χ0n) is 13.8. The molecule has 132 valence electrons. The fraction of sp³-hybridized carbons (Fsp3) is 0.562. The number of thioether (sulfide) groups is 1. The van der Waals surface area contributed by atoms with E-state index >= 15 is 0 Å².